The lowest BCUT2D eigenvalue weighted by Crippen LogP contribution is -2.09. The summed E-state index contributed by atoms with van der Waals surface area (Å²) in [6.07, 6.45) is 0. The highest BCUT2D eigenvalue weighted by atomic mass is 16.5. The molecule has 0 radical (unpaired) electrons. The van der Waals surface area contributed by atoms with Crippen LogP contribution in [0.25, 0.3) is 0 Å². The molecule has 0 heterocycles. The minimum atomic E-state index is -1.10. The van der Waals surface area contributed by atoms with E-state index in [0.29, 0.717) is 0 Å². The zero-order valence-electron chi connectivity index (χ0n) is 8.06. The maximum atomic E-state index is 11.0. The number of carboxylic acid groups (broad SMARTS) is 1. The van der Waals surface area contributed by atoms with Gasteiger partial charge < -0.3 is 14.9 Å². The van der Waals surface area contributed by atoms with E-state index in [4.69, 9.17) is 9.84 Å². The van der Waals surface area contributed by atoms with Gasteiger partial charge in [-0.1, -0.05) is 0 Å². The highest BCUT2D eigenvalue weighted by Crippen LogP contribution is 2.23. The van der Waals surface area contributed by atoms with Gasteiger partial charge >= 0.3 is 5.97 Å². The summed E-state index contributed by atoms with van der Waals surface area (Å²) >= 11 is 0. The van der Waals surface area contributed by atoms with Crippen LogP contribution in [0.3, 0.4) is 0 Å². The first-order chi connectivity index (χ1) is 7.00. The van der Waals surface area contributed by atoms with Gasteiger partial charge in [-0.25, -0.2) is 4.79 Å². The maximum Gasteiger partial charge on any atom is 0.341 e. The normalized spacial score (nSPS) is 9.67. The minimum Gasteiger partial charge on any atom is -0.507 e. The Kier molecular flexibility index (Phi) is 3.28. The molecule has 0 aliphatic carbocycles. The molecule has 0 atom stereocenters. The van der Waals surface area contributed by atoms with E-state index < -0.39 is 12.6 Å². The van der Waals surface area contributed by atoms with Crippen LogP contribution in [0.4, 0.5) is 0 Å². The summed E-state index contributed by atoms with van der Waals surface area (Å²) in [4.78, 5) is 21.2. The number of phenols is 1. The van der Waals surface area contributed by atoms with Crippen molar-refractivity contribution in [3.05, 3.63) is 23.8 Å². The molecule has 0 fully saturated rings. The van der Waals surface area contributed by atoms with Gasteiger partial charge in [-0.05, 0) is 25.1 Å². The van der Waals surface area contributed by atoms with Crippen LogP contribution in [-0.4, -0.2) is 28.6 Å². The summed E-state index contributed by atoms with van der Waals surface area (Å²) in [5.41, 5.74) is 0.109. The maximum absolute atomic E-state index is 11.0. The third kappa shape index (κ3) is 2.98. The van der Waals surface area contributed by atoms with Crippen LogP contribution in [-0.2, 0) is 4.79 Å². The van der Waals surface area contributed by atoms with Crippen molar-refractivity contribution in [2.75, 3.05) is 6.61 Å². The number of hydrogen-bond acceptors (Lipinski definition) is 4. The zero-order valence-corrected chi connectivity index (χ0v) is 8.06. The second kappa shape index (κ2) is 4.45. The quantitative estimate of drug-likeness (QED) is 0.726. The van der Waals surface area contributed by atoms with Gasteiger partial charge in [0.1, 0.15) is 11.5 Å². The fraction of sp³-hybridized carbons (Fsp3) is 0.200. The van der Waals surface area contributed by atoms with E-state index in [9.17, 15) is 14.7 Å². The lowest BCUT2D eigenvalue weighted by molar-refractivity contribution is -0.139. The molecular formula is C10H10O5. The molecule has 2 N–H and O–H groups in total. The molecule has 5 heteroatoms. The van der Waals surface area contributed by atoms with Crippen LogP contribution in [0, 0.1) is 0 Å². The Morgan fingerprint density at radius 3 is 2.60 bits per heavy atom. The number of ether oxygens (including phenoxy) is 1. The number of ketones is 1. The zero-order chi connectivity index (χ0) is 11.4. The van der Waals surface area contributed by atoms with E-state index in [2.05, 4.69) is 0 Å². The van der Waals surface area contributed by atoms with E-state index in [-0.39, 0.29) is 22.8 Å². The first kappa shape index (κ1) is 11.0. The molecule has 0 aromatic heterocycles. The van der Waals surface area contributed by atoms with Gasteiger partial charge in [-0.2, -0.15) is 0 Å². The molecule has 80 valence electrons. The Labute approximate surface area is 85.9 Å². The van der Waals surface area contributed by atoms with E-state index in [1.54, 1.807) is 0 Å². The number of aliphatic carboxylic acids is 1. The summed E-state index contributed by atoms with van der Waals surface area (Å²) in [6.45, 7) is 0.818. The molecule has 1 rings (SSSR count). The monoisotopic (exact) mass is 210 g/mol. The first-order valence-corrected chi connectivity index (χ1v) is 4.19. The van der Waals surface area contributed by atoms with E-state index in [0.717, 1.165) is 0 Å². The van der Waals surface area contributed by atoms with Crippen molar-refractivity contribution in [2.45, 2.75) is 6.92 Å². The molecule has 1 aromatic carbocycles. The second-order valence-electron chi connectivity index (χ2n) is 2.92. The highest BCUT2D eigenvalue weighted by molar-refractivity contribution is 5.97. The predicted molar refractivity (Wildman–Crippen MR) is 51.2 cm³/mol. The molecular weight excluding hydrogens is 200 g/mol. The minimum absolute atomic E-state index is 0.109. The van der Waals surface area contributed by atoms with Crippen molar-refractivity contribution < 1.29 is 24.5 Å². The van der Waals surface area contributed by atoms with Crippen molar-refractivity contribution >= 4 is 11.8 Å². The van der Waals surface area contributed by atoms with Crippen LogP contribution in [0.15, 0.2) is 18.2 Å². The average molecular weight is 210 g/mol. The second-order valence-corrected chi connectivity index (χ2v) is 2.92. The Balaban J connectivity index is 2.87. The number of phenolic OH excluding ortho intramolecular Hbond substituents is 1. The summed E-state index contributed by atoms with van der Waals surface area (Å²) in [5, 5.41) is 17.7. The van der Waals surface area contributed by atoms with Gasteiger partial charge in [0.15, 0.2) is 12.4 Å². The van der Waals surface area contributed by atoms with Gasteiger partial charge in [-0.15, -0.1) is 0 Å². The van der Waals surface area contributed by atoms with Crippen molar-refractivity contribution in [3.63, 3.8) is 0 Å². The average Bonchev–Trinajstić information content (AvgIpc) is 2.16. The van der Waals surface area contributed by atoms with Crippen LogP contribution >= 0.6 is 0 Å². The van der Waals surface area contributed by atoms with Crippen molar-refractivity contribution in [1.82, 2.24) is 0 Å². The number of hydrogen-bond donors (Lipinski definition) is 2. The molecule has 15 heavy (non-hydrogen) atoms. The Hall–Kier alpha value is -2.04. The topological polar surface area (TPSA) is 83.8 Å². The van der Waals surface area contributed by atoms with Gasteiger partial charge in [0, 0.05) is 0 Å². The van der Waals surface area contributed by atoms with E-state index in [1.807, 2.05) is 0 Å². The lowest BCUT2D eigenvalue weighted by Gasteiger charge is -2.05. The first-order valence-electron chi connectivity index (χ1n) is 4.19. The Morgan fingerprint density at radius 2 is 2.07 bits per heavy atom. The molecule has 0 spiro atoms. The predicted octanol–water partition coefficient (Wildman–Crippen LogP) is 1.06. The van der Waals surface area contributed by atoms with E-state index >= 15 is 0 Å². The van der Waals surface area contributed by atoms with Crippen LogP contribution in [0.5, 0.6) is 11.5 Å². The van der Waals surface area contributed by atoms with Gasteiger partial charge in [-0.3, -0.25) is 4.79 Å². The van der Waals surface area contributed by atoms with Crippen molar-refractivity contribution in [2.24, 2.45) is 0 Å². The molecule has 0 aliphatic rings. The molecule has 0 amide bonds. The number of Topliss-reactive ketones (excluding diaryl/α,β-unsaturated/α-hetero) is 1. The third-order valence-corrected chi connectivity index (χ3v) is 1.71. The smallest absolute Gasteiger partial charge is 0.341 e. The van der Waals surface area contributed by atoms with Crippen LogP contribution < -0.4 is 4.74 Å². The SMILES string of the molecule is CC(=O)c1cc(OCC(=O)O)ccc1O. The standard InChI is InChI=1S/C10H10O5/c1-6(11)8-4-7(2-3-9(8)12)15-5-10(13)14/h2-4,12H,5H2,1H3,(H,13,14). The highest BCUT2D eigenvalue weighted by Gasteiger charge is 2.08. The van der Waals surface area contributed by atoms with Crippen LogP contribution in [0.2, 0.25) is 0 Å². The summed E-state index contributed by atoms with van der Waals surface area (Å²) < 4.78 is 4.85. The molecule has 0 saturated carbocycles. The summed E-state index contributed by atoms with van der Waals surface area (Å²) in [7, 11) is 0. The fourth-order valence-corrected chi connectivity index (χ4v) is 1.03. The third-order valence-electron chi connectivity index (χ3n) is 1.71. The molecule has 0 bridgehead atoms. The summed E-state index contributed by atoms with van der Waals surface area (Å²) in [5.74, 6) is -1.33. The molecule has 0 aliphatic heterocycles. The lowest BCUT2D eigenvalue weighted by atomic mass is 10.1. The number of carboxylic acids is 1. The largest absolute Gasteiger partial charge is 0.507 e. The number of aromatic hydroxyl groups is 1. The molecule has 1 aromatic rings. The van der Waals surface area contributed by atoms with Crippen molar-refractivity contribution in [3.8, 4) is 11.5 Å². The van der Waals surface area contributed by atoms with Crippen molar-refractivity contribution in [1.29, 1.82) is 0 Å². The van der Waals surface area contributed by atoms with Crippen LogP contribution in [0.1, 0.15) is 17.3 Å². The van der Waals surface area contributed by atoms with E-state index in [1.165, 1.54) is 25.1 Å². The Morgan fingerprint density at radius 1 is 1.40 bits per heavy atom. The van der Waals surface area contributed by atoms with Gasteiger partial charge in [0.05, 0.1) is 5.56 Å². The Bertz CT molecular complexity index is 397. The van der Waals surface area contributed by atoms with Gasteiger partial charge in [0.2, 0.25) is 0 Å². The number of carbonyl (C=O) groups is 2. The summed E-state index contributed by atoms with van der Waals surface area (Å²) in [6, 6.07) is 3.99. The number of benzene rings is 1. The fourth-order valence-electron chi connectivity index (χ4n) is 1.03. The molecule has 0 saturated heterocycles. The molecule has 0 unspecified atom stereocenters. The van der Waals surface area contributed by atoms with Gasteiger partial charge in [0.25, 0.3) is 0 Å². The number of carbonyl (C=O) groups excluding carboxylic acids is 1. The number of rotatable bonds is 4. The molecule has 5 nitrogen and oxygen atoms in total.